The van der Waals surface area contributed by atoms with E-state index in [1.807, 2.05) is 0 Å². The highest BCUT2D eigenvalue weighted by Gasteiger charge is 2.46. The molecule has 1 aliphatic heterocycles. The van der Waals surface area contributed by atoms with Crippen LogP contribution in [0.1, 0.15) is 13.8 Å². The van der Waals surface area contributed by atoms with Crippen LogP contribution in [0, 0.1) is 5.92 Å². The van der Waals surface area contributed by atoms with Gasteiger partial charge in [0.1, 0.15) is 19.0 Å². The Morgan fingerprint density at radius 3 is 2.40 bits per heavy atom. The minimum atomic E-state index is -0.925. The molecule has 0 aromatic heterocycles. The molecule has 8 nitrogen and oxygen atoms in total. The first-order chi connectivity index (χ1) is 9.40. The monoisotopic (exact) mass is 289 g/mol. The first-order valence-electron chi connectivity index (χ1n) is 6.10. The average Bonchev–Trinajstić information content (AvgIpc) is 2.38. The van der Waals surface area contributed by atoms with Gasteiger partial charge in [-0.2, -0.15) is 0 Å². The van der Waals surface area contributed by atoms with Crippen LogP contribution >= 0.6 is 0 Å². The summed E-state index contributed by atoms with van der Waals surface area (Å²) in [4.78, 5) is 33.1. The molecule has 0 radical (unpaired) electrons. The highest BCUT2D eigenvalue weighted by molar-refractivity contribution is 5.67. The fourth-order valence-corrected chi connectivity index (χ4v) is 2.03. The second-order valence-electron chi connectivity index (χ2n) is 4.45. The normalized spacial score (nSPS) is 33.3. The summed E-state index contributed by atoms with van der Waals surface area (Å²) in [5.74, 6) is -1.83. The maximum Gasteiger partial charge on any atom is 0.303 e. The fourth-order valence-electron chi connectivity index (χ4n) is 2.03. The maximum absolute atomic E-state index is 11.2. The highest BCUT2D eigenvalue weighted by atomic mass is 16.7. The molecule has 1 aliphatic rings. The first kappa shape index (κ1) is 16.5. The zero-order valence-corrected chi connectivity index (χ0v) is 11.6. The molecular weight excluding hydrogens is 270 g/mol. The van der Waals surface area contributed by atoms with Gasteiger partial charge in [0.2, 0.25) is 0 Å². The third-order valence-electron chi connectivity index (χ3n) is 2.97. The largest absolute Gasteiger partial charge is 0.463 e. The van der Waals surface area contributed by atoms with Crippen LogP contribution in [-0.2, 0) is 33.3 Å². The number of nitrogens with two attached hydrogens (primary N) is 1. The summed E-state index contributed by atoms with van der Waals surface area (Å²) in [5.41, 5.74) is 5.94. The second-order valence-corrected chi connectivity index (χ2v) is 4.45. The van der Waals surface area contributed by atoms with Gasteiger partial charge in [0.15, 0.2) is 12.4 Å². The summed E-state index contributed by atoms with van der Waals surface area (Å²) in [6.07, 6.45) is -1.98. The number of hydrogen-bond acceptors (Lipinski definition) is 8. The van der Waals surface area contributed by atoms with Crippen LogP contribution in [0.4, 0.5) is 0 Å². The van der Waals surface area contributed by atoms with E-state index in [1.54, 1.807) is 0 Å². The lowest BCUT2D eigenvalue weighted by Gasteiger charge is -2.41. The van der Waals surface area contributed by atoms with E-state index < -0.39 is 42.4 Å². The summed E-state index contributed by atoms with van der Waals surface area (Å²) in [6.45, 7) is 2.34. The predicted molar refractivity (Wildman–Crippen MR) is 65.4 cm³/mol. The number of esters is 2. The van der Waals surface area contributed by atoms with Gasteiger partial charge >= 0.3 is 11.9 Å². The van der Waals surface area contributed by atoms with Crippen LogP contribution in [0.3, 0.4) is 0 Å². The zero-order valence-electron chi connectivity index (χ0n) is 11.6. The topological polar surface area (TPSA) is 114 Å². The molecule has 0 bridgehead atoms. The Morgan fingerprint density at radius 1 is 1.30 bits per heavy atom. The Labute approximate surface area is 116 Å². The molecule has 1 rings (SSSR count). The van der Waals surface area contributed by atoms with Crippen LogP contribution in [0.2, 0.25) is 0 Å². The van der Waals surface area contributed by atoms with Crippen molar-refractivity contribution in [3.63, 3.8) is 0 Å². The molecule has 0 amide bonds. The Hall–Kier alpha value is -1.51. The Bertz CT molecular complexity index is 371. The van der Waals surface area contributed by atoms with Crippen molar-refractivity contribution in [2.75, 3.05) is 13.7 Å². The molecule has 0 aliphatic carbocycles. The summed E-state index contributed by atoms with van der Waals surface area (Å²) < 4.78 is 20.4. The molecule has 114 valence electrons. The summed E-state index contributed by atoms with van der Waals surface area (Å²) >= 11 is 0. The lowest BCUT2D eigenvalue weighted by molar-refractivity contribution is -0.259. The molecule has 0 saturated carbocycles. The highest BCUT2D eigenvalue weighted by Crippen LogP contribution is 2.26. The Morgan fingerprint density at radius 2 is 1.95 bits per heavy atom. The standard InChI is InChI=1S/C12H19NO7/c1-6(15)18-5-9-8(4-14)10(13)11(19-7(2)16)12(17-3)20-9/h4,8-12H,5,13H2,1-3H3/t8-,9?,10?,11+,12-/m1/s1. The van der Waals surface area contributed by atoms with Crippen molar-refractivity contribution in [2.24, 2.45) is 11.7 Å². The van der Waals surface area contributed by atoms with Gasteiger partial charge in [-0.3, -0.25) is 9.59 Å². The zero-order chi connectivity index (χ0) is 15.3. The van der Waals surface area contributed by atoms with E-state index in [0.29, 0.717) is 6.29 Å². The summed E-state index contributed by atoms with van der Waals surface area (Å²) in [5, 5.41) is 0. The van der Waals surface area contributed by atoms with Gasteiger partial charge in [0.05, 0.1) is 12.0 Å². The number of methoxy groups -OCH3 is 1. The van der Waals surface area contributed by atoms with Gasteiger partial charge in [-0.05, 0) is 0 Å². The maximum atomic E-state index is 11.2. The van der Waals surface area contributed by atoms with E-state index in [1.165, 1.54) is 21.0 Å². The molecule has 1 fully saturated rings. The number of aldehydes is 1. The molecular formula is C12H19NO7. The van der Waals surface area contributed by atoms with E-state index in [9.17, 15) is 14.4 Å². The lowest BCUT2D eigenvalue weighted by Crippen LogP contribution is -2.61. The third kappa shape index (κ3) is 3.99. The predicted octanol–water partition coefficient (Wildman–Crippen LogP) is -1.01. The molecule has 1 heterocycles. The number of rotatable bonds is 5. The lowest BCUT2D eigenvalue weighted by atomic mass is 9.88. The van der Waals surface area contributed by atoms with Crippen LogP contribution in [0.25, 0.3) is 0 Å². The Balaban J connectivity index is 2.84. The fraction of sp³-hybridized carbons (Fsp3) is 0.750. The molecule has 0 aromatic carbocycles. The van der Waals surface area contributed by atoms with E-state index in [2.05, 4.69) is 0 Å². The minimum Gasteiger partial charge on any atom is -0.463 e. The molecule has 20 heavy (non-hydrogen) atoms. The van der Waals surface area contributed by atoms with Crippen molar-refractivity contribution < 1.29 is 33.3 Å². The van der Waals surface area contributed by atoms with Gasteiger partial charge in [-0.25, -0.2) is 0 Å². The number of hydrogen-bond donors (Lipinski definition) is 1. The van der Waals surface area contributed by atoms with Gasteiger partial charge in [-0.1, -0.05) is 0 Å². The molecule has 0 spiro atoms. The molecule has 8 heteroatoms. The van der Waals surface area contributed by atoms with Gasteiger partial charge in [0, 0.05) is 21.0 Å². The van der Waals surface area contributed by atoms with Crippen molar-refractivity contribution in [3.05, 3.63) is 0 Å². The molecule has 1 saturated heterocycles. The molecule has 5 atom stereocenters. The Kier molecular flexibility index (Phi) is 6.05. The van der Waals surface area contributed by atoms with E-state index in [0.717, 1.165) is 0 Å². The number of carbonyl (C=O) groups excluding carboxylic acids is 3. The minimum absolute atomic E-state index is 0.126. The molecule has 2 N–H and O–H groups in total. The molecule has 2 unspecified atom stereocenters. The number of carbonyl (C=O) groups is 3. The van der Waals surface area contributed by atoms with E-state index in [4.69, 9.17) is 24.7 Å². The second kappa shape index (κ2) is 7.32. The summed E-state index contributed by atoms with van der Waals surface area (Å²) in [6, 6.07) is -0.810. The van der Waals surface area contributed by atoms with Gasteiger partial charge < -0.3 is 29.5 Å². The third-order valence-corrected chi connectivity index (χ3v) is 2.97. The van der Waals surface area contributed by atoms with Gasteiger partial charge in [-0.15, -0.1) is 0 Å². The summed E-state index contributed by atoms with van der Waals surface area (Å²) in [7, 11) is 1.36. The first-order valence-corrected chi connectivity index (χ1v) is 6.10. The van der Waals surface area contributed by atoms with Crippen molar-refractivity contribution >= 4 is 18.2 Å². The van der Waals surface area contributed by atoms with Crippen LogP contribution < -0.4 is 5.73 Å². The van der Waals surface area contributed by atoms with Crippen molar-refractivity contribution in [3.8, 4) is 0 Å². The van der Waals surface area contributed by atoms with Crippen molar-refractivity contribution in [2.45, 2.75) is 38.4 Å². The molecule has 0 aromatic rings. The van der Waals surface area contributed by atoms with E-state index >= 15 is 0 Å². The van der Waals surface area contributed by atoms with Gasteiger partial charge in [0.25, 0.3) is 0 Å². The van der Waals surface area contributed by atoms with E-state index in [-0.39, 0.29) is 6.61 Å². The van der Waals surface area contributed by atoms with Crippen LogP contribution in [0.5, 0.6) is 0 Å². The smallest absolute Gasteiger partial charge is 0.303 e. The number of ether oxygens (including phenoxy) is 4. The SMILES string of the molecule is CO[C@@H]1OC(COC(C)=O)[C@@H](C=O)C(N)[C@@H]1OC(C)=O. The van der Waals surface area contributed by atoms with Crippen molar-refractivity contribution in [1.82, 2.24) is 0 Å². The van der Waals surface area contributed by atoms with Crippen LogP contribution in [0.15, 0.2) is 0 Å². The quantitative estimate of drug-likeness (QED) is 0.506. The average molecular weight is 289 g/mol. The van der Waals surface area contributed by atoms with Crippen molar-refractivity contribution in [1.29, 1.82) is 0 Å². The van der Waals surface area contributed by atoms with Crippen LogP contribution in [-0.4, -0.2) is 56.5 Å².